The molecule has 1 saturated heterocycles. The molecule has 2 heterocycles. The van der Waals surface area contributed by atoms with Gasteiger partial charge in [0.05, 0.1) is 16.9 Å². The van der Waals surface area contributed by atoms with E-state index in [1.165, 1.54) is 0 Å². The summed E-state index contributed by atoms with van der Waals surface area (Å²) < 4.78 is 12.1. The molecule has 0 bridgehead atoms. The molecule has 0 aliphatic carbocycles. The van der Waals surface area contributed by atoms with Crippen LogP contribution in [0.4, 0.5) is 0 Å². The lowest BCUT2D eigenvalue weighted by molar-refractivity contribution is 0.00578. The highest BCUT2D eigenvalue weighted by molar-refractivity contribution is 6.63. The van der Waals surface area contributed by atoms with Crippen LogP contribution in [0.3, 0.4) is 0 Å². The Bertz CT molecular complexity index is 444. The highest BCUT2D eigenvalue weighted by Gasteiger charge is 2.52. The van der Waals surface area contributed by atoms with Crippen molar-refractivity contribution in [1.82, 2.24) is 4.98 Å². The van der Waals surface area contributed by atoms with E-state index < -0.39 is 0 Å². The highest BCUT2D eigenvalue weighted by atomic mass is 16.7. The maximum Gasteiger partial charge on any atom is 0.497 e. The first-order valence-corrected chi connectivity index (χ1v) is 6.28. The average Bonchev–Trinajstić information content (AvgIpc) is 2.47. The summed E-state index contributed by atoms with van der Waals surface area (Å²) in [5, 5.41) is 0. The standard InChI is InChI=1S/C13H21BN2O2/c1-9-6-7-16-10(8-15)11(9)14-17-12(2,3)13(4,5)18-14/h6-7H,8,15H2,1-5H3. The fourth-order valence-electron chi connectivity index (χ4n) is 2.07. The van der Waals surface area contributed by atoms with Gasteiger partial charge in [0.1, 0.15) is 0 Å². The van der Waals surface area contributed by atoms with Crippen LogP contribution in [0.25, 0.3) is 0 Å². The molecule has 2 N–H and O–H groups in total. The molecule has 1 fully saturated rings. The van der Waals surface area contributed by atoms with Gasteiger partial charge in [-0.15, -0.1) is 0 Å². The van der Waals surface area contributed by atoms with Crippen molar-refractivity contribution in [2.75, 3.05) is 0 Å². The van der Waals surface area contributed by atoms with Crippen molar-refractivity contribution in [1.29, 1.82) is 0 Å². The fraction of sp³-hybridized carbons (Fsp3) is 0.615. The quantitative estimate of drug-likeness (QED) is 0.797. The van der Waals surface area contributed by atoms with Gasteiger partial charge in [-0.1, -0.05) is 0 Å². The summed E-state index contributed by atoms with van der Waals surface area (Å²) in [4.78, 5) is 4.31. The van der Waals surface area contributed by atoms with Gasteiger partial charge in [-0.05, 0) is 46.2 Å². The molecule has 4 nitrogen and oxygen atoms in total. The maximum atomic E-state index is 6.06. The Labute approximate surface area is 109 Å². The molecule has 1 aliphatic heterocycles. The zero-order valence-electron chi connectivity index (χ0n) is 11.8. The Kier molecular flexibility index (Phi) is 3.26. The molecule has 0 amide bonds. The summed E-state index contributed by atoms with van der Waals surface area (Å²) in [5.74, 6) is 0. The first-order chi connectivity index (χ1) is 8.28. The number of nitrogens with zero attached hydrogens (tertiary/aromatic N) is 1. The minimum absolute atomic E-state index is 0.341. The summed E-state index contributed by atoms with van der Waals surface area (Å²) in [7, 11) is -0.387. The van der Waals surface area contributed by atoms with E-state index in [9.17, 15) is 0 Å². The van der Waals surface area contributed by atoms with Crippen LogP contribution in [-0.4, -0.2) is 23.3 Å². The molecule has 1 aliphatic rings. The van der Waals surface area contributed by atoms with Gasteiger partial charge in [-0.25, -0.2) is 0 Å². The topological polar surface area (TPSA) is 57.4 Å². The molecule has 0 radical (unpaired) electrons. The number of hydrogen-bond acceptors (Lipinski definition) is 4. The van der Waals surface area contributed by atoms with Crippen LogP contribution in [0.15, 0.2) is 12.3 Å². The van der Waals surface area contributed by atoms with Crippen molar-refractivity contribution in [3.8, 4) is 0 Å². The van der Waals surface area contributed by atoms with Gasteiger partial charge < -0.3 is 15.0 Å². The summed E-state index contributed by atoms with van der Waals surface area (Å²) in [6, 6.07) is 1.96. The SMILES string of the molecule is Cc1ccnc(CN)c1B1OC(C)(C)C(C)(C)O1. The number of nitrogens with two attached hydrogens (primary N) is 1. The maximum absolute atomic E-state index is 6.06. The van der Waals surface area contributed by atoms with E-state index in [0.29, 0.717) is 6.54 Å². The number of pyridine rings is 1. The highest BCUT2D eigenvalue weighted by Crippen LogP contribution is 2.36. The van der Waals surface area contributed by atoms with Gasteiger partial charge in [0.2, 0.25) is 0 Å². The van der Waals surface area contributed by atoms with Crippen LogP contribution < -0.4 is 11.2 Å². The molecular formula is C13H21BN2O2. The van der Waals surface area contributed by atoms with E-state index in [2.05, 4.69) is 4.98 Å². The second kappa shape index (κ2) is 4.33. The zero-order chi connectivity index (χ0) is 13.6. The van der Waals surface area contributed by atoms with Crippen LogP contribution in [0.2, 0.25) is 0 Å². The molecule has 0 unspecified atom stereocenters. The normalized spacial score (nSPS) is 21.3. The smallest absolute Gasteiger partial charge is 0.399 e. The number of rotatable bonds is 2. The lowest BCUT2D eigenvalue weighted by atomic mass is 9.75. The second-order valence-corrected chi connectivity index (χ2v) is 5.78. The molecule has 18 heavy (non-hydrogen) atoms. The molecule has 0 aromatic carbocycles. The monoisotopic (exact) mass is 248 g/mol. The predicted octanol–water partition coefficient (Wildman–Crippen LogP) is 1.15. The molecule has 0 saturated carbocycles. The summed E-state index contributed by atoms with van der Waals surface area (Å²) in [5.41, 5.74) is 7.98. The van der Waals surface area contributed by atoms with E-state index in [1.54, 1.807) is 6.20 Å². The van der Waals surface area contributed by atoms with Gasteiger partial charge in [0, 0.05) is 18.2 Å². The van der Waals surface area contributed by atoms with E-state index in [-0.39, 0.29) is 18.3 Å². The lowest BCUT2D eigenvalue weighted by Crippen LogP contribution is -2.41. The Morgan fingerprint density at radius 3 is 2.28 bits per heavy atom. The molecular weight excluding hydrogens is 227 g/mol. The largest absolute Gasteiger partial charge is 0.497 e. The van der Waals surface area contributed by atoms with E-state index in [0.717, 1.165) is 16.7 Å². The predicted molar refractivity (Wildman–Crippen MR) is 72.6 cm³/mol. The molecule has 2 rings (SSSR count). The second-order valence-electron chi connectivity index (χ2n) is 5.78. The average molecular weight is 248 g/mol. The van der Waals surface area contributed by atoms with Crippen molar-refractivity contribution in [3.05, 3.63) is 23.5 Å². The van der Waals surface area contributed by atoms with Crippen molar-refractivity contribution in [2.45, 2.75) is 52.4 Å². The van der Waals surface area contributed by atoms with Crippen LogP contribution in [0.5, 0.6) is 0 Å². The summed E-state index contributed by atoms with van der Waals surface area (Å²) in [6.45, 7) is 10.6. The zero-order valence-corrected chi connectivity index (χ0v) is 11.8. The Hall–Kier alpha value is -0.905. The Balaban J connectivity index is 2.41. The number of aromatic nitrogens is 1. The minimum atomic E-state index is -0.387. The van der Waals surface area contributed by atoms with E-state index >= 15 is 0 Å². The third-order valence-electron chi connectivity index (χ3n) is 3.97. The first kappa shape index (κ1) is 13.5. The number of aryl methyl sites for hydroxylation is 1. The molecule has 5 heteroatoms. The summed E-state index contributed by atoms with van der Waals surface area (Å²) in [6.07, 6.45) is 1.77. The molecule has 0 spiro atoms. The van der Waals surface area contributed by atoms with Crippen LogP contribution >= 0.6 is 0 Å². The van der Waals surface area contributed by atoms with Gasteiger partial charge >= 0.3 is 7.12 Å². The van der Waals surface area contributed by atoms with Gasteiger partial charge in [-0.3, -0.25) is 4.98 Å². The van der Waals surface area contributed by atoms with Crippen molar-refractivity contribution in [3.63, 3.8) is 0 Å². The fourth-order valence-corrected chi connectivity index (χ4v) is 2.07. The van der Waals surface area contributed by atoms with E-state index in [4.69, 9.17) is 15.0 Å². The number of hydrogen-bond donors (Lipinski definition) is 1. The minimum Gasteiger partial charge on any atom is -0.399 e. The third-order valence-corrected chi connectivity index (χ3v) is 3.97. The van der Waals surface area contributed by atoms with Crippen molar-refractivity contribution < 1.29 is 9.31 Å². The molecule has 1 aromatic heterocycles. The Morgan fingerprint density at radius 1 is 1.22 bits per heavy atom. The van der Waals surface area contributed by atoms with E-state index in [1.807, 2.05) is 40.7 Å². The van der Waals surface area contributed by atoms with Crippen LogP contribution in [0.1, 0.15) is 39.0 Å². The first-order valence-electron chi connectivity index (χ1n) is 6.28. The van der Waals surface area contributed by atoms with Crippen LogP contribution in [0, 0.1) is 6.92 Å². The van der Waals surface area contributed by atoms with Crippen molar-refractivity contribution in [2.24, 2.45) is 5.73 Å². The molecule has 98 valence electrons. The molecule has 0 atom stereocenters. The lowest BCUT2D eigenvalue weighted by Gasteiger charge is -2.32. The van der Waals surface area contributed by atoms with Gasteiger partial charge in [-0.2, -0.15) is 0 Å². The van der Waals surface area contributed by atoms with Gasteiger partial charge in [0.25, 0.3) is 0 Å². The summed E-state index contributed by atoms with van der Waals surface area (Å²) >= 11 is 0. The molecule has 1 aromatic rings. The van der Waals surface area contributed by atoms with Crippen molar-refractivity contribution >= 4 is 12.6 Å². The van der Waals surface area contributed by atoms with Crippen LogP contribution in [-0.2, 0) is 15.9 Å². The Morgan fingerprint density at radius 2 is 1.78 bits per heavy atom. The third kappa shape index (κ3) is 2.07. The van der Waals surface area contributed by atoms with Gasteiger partial charge in [0.15, 0.2) is 0 Å².